The zero-order chi connectivity index (χ0) is 21.7. The molecule has 0 aromatic heterocycles. The third-order valence-electron chi connectivity index (χ3n) is 6.26. The van der Waals surface area contributed by atoms with Crippen molar-refractivity contribution in [2.45, 2.75) is 70.1 Å². The topological polar surface area (TPSA) is 103 Å². The van der Waals surface area contributed by atoms with E-state index in [-0.39, 0.29) is 42.6 Å². The lowest BCUT2D eigenvalue weighted by Crippen LogP contribution is -2.53. The summed E-state index contributed by atoms with van der Waals surface area (Å²) in [6, 6.07) is -0.761. The van der Waals surface area contributed by atoms with E-state index in [9.17, 15) is 14.4 Å². The SMILES string of the molecule is COCC(=O)N[C@H]1CN(CC2CCCC2)C[C@@H]2C[C@H](NC(=O)NC(C)C)CN2C1=O. The first-order valence-electron chi connectivity index (χ1n) is 11.2. The first-order chi connectivity index (χ1) is 14.4. The Morgan fingerprint density at radius 3 is 2.53 bits per heavy atom. The van der Waals surface area contributed by atoms with Gasteiger partial charge in [0.1, 0.15) is 12.6 Å². The fourth-order valence-corrected chi connectivity index (χ4v) is 5.04. The lowest BCUT2D eigenvalue weighted by atomic mass is 10.1. The Morgan fingerprint density at radius 2 is 1.87 bits per heavy atom. The minimum Gasteiger partial charge on any atom is -0.375 e. The standard InChI is InChI=1S/C21H37N5O4/c1-14(2)22-21(29)23-16-8-17-11-25(9-15-6-4-5-7-15)12-18(20(28)26(17)10-16)24-19(27)13-30-3/h14-18H,4-13H2,1-3H3,(H,24,27)(H2,22,23,29)/t16-,17-,18-/m0/s1. The lowest BCUT2D eigenvalue weighted by Gasteiger charge is -2.27. The van der Waals surface area contributed by atoms with Crippen LogP contribution in [0.15, 0.2) is 0 Å². The second kappa shape index (κ2) is 10.4. The average molecular weight is 424 g/mol. The Morgan fingerprint density at radius 1 is 1.13 bits per heavy atom. The third-order valence-corrected chi connectivity index (χ3v) is 6.26. The van der Waals surface area contributed by atoms with E-state index >= 15 is 0 Å². The number of methoxy groups -OCH3 is 1. The van der Waals surface area contributed by atoms with Crippen LogP contribution in [0.5, 0.6) is 0 Å². The highest BCUT2D eigenvalue weighted by Gasteiger charge is 2.43. The third kappa shape index (κ3) is 6.07. The first kappa shape index (κ1) is 22.8. The normalized spacial score (nSPS) is 27.8. The van der Waals surface area contributed by atoms with Crippen LogP contribution in [0.4, 0.5) is 4.79 Å². The van der Waals surface area contributed by atoms with Crippen LogP contribution >= 0.6 is 0 Å². The van der Waals surface area contributed by atoms with Gasteiger partial charge in [0.15, 0.2) is 0 Å². The minimum atomic E-state index is -0.581. The number of amides is 4. The van der Waals surface area contributed by atoms with Crippen LogP contribution in [0.25, 0.3) is 0 Å². The maximum absolute atomic E-state index is 13.3. The molecule has 9 heteroatoms. The summed E-state index contributed by atoms with van der Waals surface area (Å²) >= 11 is 0. The van der Waals surface area contributed by atoms with Gasteiger partial charge in [-0.05, 0) is 39.0 Å². The molecule has 4 amide bonds. The van der Waals surface area contributed by atoms with E-state index in [4.69, 9.17) is 4.74 Å². The van der Waals surface area contributed by atoms with Gasteiger partial charge in [-0.3, -0.25) is 14.5 Å². The number of hydrogen-bond acceptors (Lipinski definition) is 5. The summed E-state index contributed by atoms with van der Waals surface area (Å²) in [7, 11) is 1.47. The van der Waals surface area contributed by atoms with Gasteiger partial charge < -0.3 is 25.6 Å². The van der Waals surface area contributed by atoms with Crippen LogP contribution in [-0.2, 0) is 14.3 Å². The molecule has 30 heavy (non-hydrogen) atoms. The lowest BCUT2D eigenvalue weighted by molar-refractivity contribution is -0.137. The number of hydrogen-bond donors (Lipinski definition) is 3. The van der Waals surface area contributed by atoms with Gasteiger partial charge in [-0.15, -0.1) is 0 Å². The van der Waals surface area contributed by atoms with E-state index < -0.39 is 6.04 Å². The summed E-state index contributed by atoms with van der Waals surface area (Å²) in [5, 5.41) is 8.71. The van der Waals surface area contributed by atoms with Crippen LogP contribution in [0, 0.1) is 5.92 Å². The fourth-order valence-electron chi connectivity index (χ4n) is 5.04. The summed E-state index contributed by atoms with van der Waals surface area (Å²) in [5.74, 6) is 0.321. The monoisotopic (exact) mass is 423 g/mol. The number of carbonyl (C=O) groups is 3. The molecule has 0 aromatic carbocycles. The van der Waals surface area contributed by atoms with Gasteiger partial charge in [0.05, 0.1) is 6.04 Å². The Hall–Kier alpha value is -1.87. The highest BCUT2D eigenvalue weighted by molar-refractivity contribution is 5.89. The Kier molecular flexibility index (Phi) is 7.93. The van der Waals surface area contributed by atoms with Crippen LogP contribution in [-0.4, -0.2) is 91.7 Å². The van der Waals surface area contributed by atoms with Crippen molar-refractivity contribution >= 4 is 17.8 Å². The van der Waals surface area contributed by atoms with E-state index in [1.807, 2.05) is 18.7 Å². The van der Waals surface area contributed by atoms with Crippen molar-refractivity contribution in [3.05, 3.63) is 0 Å². The molecular weight excluding hydrogens is 386 g/mol. The van der Waals surface area contributed by atoms with Crippen LogP contribution in [0.3, 0.4) is 0 Å². The highest BCUT2D eigenvalue weighted by Crippen LogP contribution is 2.28. The number of ether oxygens (including phenoxy) is 1. The number of fused-ring (bicyclic) bond motifs is 1. The van der Waals surface area contributed by atoms with E-state index in [0.29, 0.717) is 19.0 Å². The molecule has 0 unspecified atom stereocenters. The molecule has 0 spiro atoms. The maximum atomic E-state index is 13.3. The zero-order valence-corrected chi connectivity index (χ0v) is 18.5. The molecule has 3 rings (SSSR count). The van der Waals surface area contributed by atoms with E-state index in [1.54, 1.807) is 0 Å². The van der Waals surface area contributed by atoms with Crippen LogP contribution in [0.1, 0.15) is 46.0 Å². The van der Waals surface area contributed by atoms with Crippen LogP contribution in [0.2, 0.25) is 0 Å². The highest BCUT2D eigenvalue weighted by atomic mass is 16.5. The van der Waals surface area contributed by atoms with Gasteiger partial charge in [-0.25, -0.2) is 4.79 Å². The smallest absolute Gasteiger partial charge is 0.315 e. The largest absolute Gasteiger partial charge is 0.375 e. The Labute approximate surface area is 179 Å². The number of nitrogens with one attached hydrogen (secondary N) is 3. The minimum absolute atomic E-state index is 0.0487. The summed E-state index contributed by atoms with van der Waals surface area (Å²) < 4.78 is 4.92. The molecular formula is C21H37N5O4. The molecule has 1 saturated carbocycles. The van der Waals surface area contributed by atoms with Gasteiger partial charge in [-0.2, -0.15) is 0 Å². The molecule has 3 aliphatic rings. The van der Waals surface area contributed by atoms with Crippen molar-refractivity contribution in [1.29, 1.82) is 0 Å². The molecule has 0 aromatic rings. The van der Waals surface area contributed by atoms with Crippen molar-refractivity contribution in [1.82, 2.24) is 25.8 Å². The van der Waals surface area contributed by atoms with E-state index in [1.165, 1.54) is 32.8 Å². The second-order valence-electron chi connectivity index (χ2n) is 9.27. The molecule has 0 radical (unpaired) electrons. The molecule has 0 bridgehead atoms. The summed E-state index contributed by atoms with van der Waals surface area (Å²) in [4.78, 5) is 41.7. The van der Waals surface area contributed by atoms with Gasteiger partial charge in [0, 0.05) is 45.4 Å². The van der Waals surface area contributed by atoms with Gasteiger partial charge in [0.2, 0.25) is 11.8 Å². The number of rotatable bonds is 7. The summed E-state index contributed by atoms with van der Waals surface area (Å²) in [6.07, 6.45) is 5.76. The Balaban J connectivity index is 1.68. The molecule has 2 aliphatic heterocycles. The van der Waals surface area contributed by atoms with Gasteiger partial charge in [-0.1, -0.05) is 12.8 Å². The molecule has 3 N–H and O–H groups in total. The fraction of sp³-hybridized carbons (Fsp3) is 0.857. The van der Waals surface area contributed by atoms with Crippen molar-refractivity contribution in [3.8, 4) is 0 Å². The number of urea groups is 1. The second-order valence-corrected chi connectivity index (χ2v) is 9.27. The number of nitrogens with zero attached hydrogens (tertiary/aromatic N) is 2. The zero-order valence-electron chi connectivity index (χ0n) is 18.5. The summed E-state index contributed by atoms with van der Waals surface area (Å²) in [5.41, 5.74) is 0. The Bertz CT molecular complexity index is 623. The van der Waals surface area contributed by atoms with Crippen molar-refractivity contribution in [3.63, 3.8) is 0 Å². The molecule has 2 heterocycles. The molecule has 1 aliphatic carbocycles. The predicted molar refractivity (Wildman–Crippen MR) is 113 cm³/mol. The first-order valence-corrected chi connectivity index (χ1v) is 11.2. The molecule has 2 saturated heterocycles. The van der Waals surface area contributed by atoms with Crippen molar-refractivity contribution in [2.24, 2.45) is 5.92 Å². The number of carbonyl (C=O) groups excluding carboxylic acids is 3. The maximum Gasteiger partial charge on any atom is 0.315 e. The van der Waals surface area contributed by atoms with Crippen molar-refractivity contribution in [2.75, 3.05) is 39.9 Å². The van der Waals surface area contributed by atoms with Crippen molar-refractivity contribution < 1.29 is 19.1 Å². The molecule has 3 fully saturated rings. The average Bonchev–Trinajstić information content (AvgIpc) is 3.27. The summed E-state index contributed by atoms with van der Waals surface area (Å²) in [6.45, 7) is 6.52. The predicted octanol–water partition coefficient (Wildman–Crippen LogP) is 0.301. The van der Waals surface area contributed by atoms with Crippen LogP contribution < -0.4 is 16.0 Å². The van der Waals surface area contributed by atoms with Gasteiger partial charge in [0.25, 0.3) is 0 Å². The molecule has 3 atom stereocenters. The molecule has 170 valence electrons. The van der Waals surface area contributed by atoms with E-state index in [2.05, 4.69) is 20.9 Å². The quantitative estimate of drug-likeness (QED) is 0.547. The van der Waals surface area contributed by atoms with Gasteiger partial charge >= 0.3 is 6.03 Å². The molecule has 9 nitrogen and oxygen atoms in total. The van der Waals surface area contributed by atoms with E-state index in [0.717, 1.165) is 19.5 Å².